The third-order valence-corrected chi connectivity index (χ3v) is 8.28. The van der Waals surface area contributed by atoms with Crippen LogP contribution >= 0.6 is 0 Å². The average Bonchev–Trinajstić information content (AvgIpc) is 3.51. The summed E-state index contributed by atoms with van der Waals surface area (Å²) < 4.78 is 32.8. The lowest BCUT2D eigenvalue weighted by Crippen LogP contribution is -2.53. The molecule has 178 valence electrons. The molecule has 3 aromatic rings. The molecule has 0 radical (unpaired) electrons. The standard InChI is InChI=1S/C28H30F2N2O2/c1-18-12-23(19-2-3-19)24(22-8-10-31-26(18)22)14-32-11-9-27(15-28(29,30)16-27)13-25(32)20-4-6-21(7-5-20)34-17-33/h4-8,10,12,17,19,25,31H,2-3,9,11,13-16H2,1H3/t25-/m0/s1. The van der Waals surface area contributed by atoms with Gasteiger partial charge in [-0.25, -0.2) is 8.78 Å². The lowest BCUT2D eigenvalue weighted by Gasteiger charge is -2.54. The molecule has 2 aliphatic carbocycles. The first-order valence-corrected chi connectivity index (χ1v) is 12.3. The number of nitrogens with zero attached hydrogens (tertiary/aromatic N) is 1. The van der Waals surface area contributed by atoms with Crippen molar-refractivity contribution in [2.75, 3.05) is 6.54 Å². The van der Waals surface area contributed by atoms with E-state index in [0.29, 0.717) is 18.1 Å². The number of aryl methyl sites for hydroxylation is 1. The van der Waals surface area contributed by atoms with Crippen molar-refractivity contribution in [2.24, 2.45) is 5.41 Å². The topological polar surface area (TPSA) is 45.3 Å². The van der Waals surface area contributed by atoms with E-state index >= 15 is 0 Å². The second kappa shape index (κ2) is 7.91. The summed E-state index contributed by atoms with van der Waals surface area (Å²) >= 11 is 0. The lowest BCUT2D eigenvalue weighted by atomic mass is 9.59. The summed E-state index contributed by atoms with van der Waals surface area (Å²) in [5, 5.41) is 1.28. The monoisotopic (exact) mass is 464 g/mol. The fourth-order valence-corrected chi connectivity index (χ4v) is 6.52. The Morgan fingerprint density at radius 3 is 2.62 bits per heavy atom. The predicted octanol–water partition coefficient (Wildman–Crippen LogP) is 6.64. The molecule has 1 saturated heterocycles. The van der Waals surface area contributed by atoms with E-state index in [4.69, 9.17) is 4.74 Å². The Balaban J connectivity index is 1.35. The highest BCUT2D eigenvalue weighted by molar-refractivity contribution is 5.87. The molecule has 3 aliphatic rings. The molecular formula is C28H30F2N2O2. The van der Waals surface area contributed by atoms with Gasteiger partial charge in [-0.1, -0.05) is 18.2 Å². The summed E-state index contributed by atoms with van der Waals surface area (Å²) in [5.74, 6) is -1.40. The van der Waals surface area contributed by atoms with E-state index in [1.54, 1.807) is 12.1 Å². The number of H-pyrrole nitrogens is 1. The molecule has 1 spiro atoms. The molecule has 1 aliphatic heterocycles. The van der Waals surface area contributed by atoms with Crippen LogP contribution in [0.2, 0.25) is 0 Å². The van der Waals surface area contributed by atoms with Crippen LogP contribution in [0.15, 0.2) is 42.6 Å². The van der Waals surface area contributed by atoms with E-state index in [-0.39, 0.29) is 24.3 Å². The number of nitrogens with one attached hydrogen (secondary N) is 1. The van der Waals surface area contributed by atoms with Gasteiger partial charge in [0.1, 0.15) is 5.75 Å². The molecule has 4 nitrogen and oxygen atoms in total. The maximum absolute atomic E-state index is 13.9. The molecule has 2 aromatic carbocycles. The molecule has 0 amide bonds. The summed E-state index contributed by atoms with van der Waals surface area (Å²) in [6, 6.07) is 12.1. The number of carbonyl (C=O) groups excluding carboxylic acids is 1. The summed E-state index contributed by atoms with van der Waals surface area (Å²) in [7, 11) is 0. The van der Waals surface area contributed by atoms with Gasteiger partial charge in [0.2, 0.25) is 5.92 Å². The van der Waals surface area contributed by atoms with Crippen molar-refractivity contribution in [1.82, 2.24) is 9.88 Å². The number of aromatic amines is 1. The number of hydrogen-bond acceptors (Lipinski definition) is 3. The molecular weight excluding hydrogens is 434 g/mol. The Hall–Kier alpha value is -2.73. The number of carbonyl (C=O) groups is 1. The molecule has 3 fully saturated rings. The summed E-state index contributed by atoms with van der Waals surface area (Å²) in [6.07, 6.45) is 6.03. The van der Waals surface area contributed by atoms with Gasteiger partial charge in [-0.15, -0.1) is 0 Å². The SMILES string of the molecule is Cc1cc(C2CC2)c(CN2CCC3(C[C@H]2c2ccc(OC=O)cc2)CC(F)(F)C3)c2cc[nH]c12. The number of ether oxygens (including phenoxy) is 1. The third kappa shape index (κ3) is 3.82. The first kappa shape index (κ1) is 21.8. The largest absolute Gasteiger partial charge is 0.429 e. The number of piperidine rings is 1. The minimum absolute atomic E-state index is 0.00338. The van der Waals surface area contributed by atoms with Gasteiger partial charge in [-0.3, -0.25) is 9.69 Å². The number of alkyl halides is 2. The molecule has 6 heteroatoms. The molecule has 2 heterocycles. The first-order valence-electron chi connectivity index (χ1n) is 12.3. The van der Waals surface area contributed by atoms with E-state index in [2.05, 4.69) is 28.9 Å². The zero-order chi connectivity index (χ0) is 23.5. The number of aromatic nitrogens is 1. The molecule has 0 unspecified atom stereocenters. The van der Waals surface area contributed by atoms with Gasteiger partial charge in [-0.2, -0.15) is 0 Å². The van der Waals surface area contributed by atoms with Gasteiger partial charge in [0.15, 0.2) is 0 Å². The minimum atomic E-state index is -2.53. The highest BCUT2D eigenvalue weighted by atomic mass is 19.3. The van der Waals surface area contributed by atoms with Crippen molar-refractivity contribution < 1.29 is 18.3 Å². The highest BCUT2D eigenvalue weighted by Gasteiger charge is 2.58. The molecule has 1 N–H and O–H groups in total. The van der Waals surface area contributed by atoms with Crippen LogP contribution in [0.3, 0.4) is 0 Å². The van der Waals surface area contributed by atoms with E-state index in [0.717, 1.165) is 31.5 Å². The van der Waals surface area contributed by atoms with E-state index in [1.165, 1.54) is 40.4 Å². The Morgan fingerprint density at radius 1 is 1.18 bits per heavy atom. The van der Waals surface area contributed by atoms with Gasteiger partial charge in [-0.05, 0) is 90.9 Å². The van der Waals surface area contributed by atoms with Crippen LogP contribution in [0.25, 0.3) is 10.9 Å². The fraction of sp³-hybridized carbons (Fsp3) is 0.464. The van der Waals surface area contributed by atoms with Crippen LogP contribution < -0.4 is 4.74 Å². The van der Waals surface area contributed by atoms with Gasteiger partial charge >= 0.3 is 0 Å². The summed E-state index contributed by atoms with van der Waals surface area (Å²) in [5.41, 5.74) is 6.12. The number of halogens is 2. The minimum Gasteiger partial charge on any atom is -0.429 e. The third-order valence-electron chi connectivity index (χ3n) is 8.28. The maximum Gasteiger partial charge on any atom is 0.298 e. The second-order valence-electron chi connectivity index (χ2n) is 10.7. The van der Waals surface area contributed by atoms with Crippen LogP contribution in [0.5, 0.6) is 5.75 Å². The van der Waals surface area contributed by atoms with Crippen LogP contribution in [0.1, 0.15) is 72.7 Å². The molecule has 34 heavy (non-hydrogen) atoms. The van der Waals surface area contributed by atoms with Crippen molar-refractivity contribution in [1.29, 1.82) is 0 Å². The molecule has 1 aromatic heterocycles. The van der Waals surface area contributed by atoms with Crippen molar-refractivity contribution in [3.8, 4) is 5.75 Å². The Bertz CT molecular complexity index is 1220. The fourth-order valence-electron chi connectivity index (χ4n) is 6.52. The maximum atomic E-state index is 13.9. The van der Waals surface area contributed by atoms with Crippen molar-refractivity contribution in [3.63, 3.8) is 0 Å². The Labute approximate surface area is 198 Å². The van der Waals surface area contributed by atoms with Crippen LogP contribution in [0.4, 0.5) is 8.78 Å². The number of fused-ring (bicyclic) bond motifs is 1. The van der Waals surface area contributed by atoms with Gasteiger partial charge in [0.25, 0.3) is 6.47 Å². The number of hydrogen-bond donors (Lipinski definition) is 1. The first-order chi connectivity index (χ1) is 16.4. The quantitative estimate of drug-likeness (QED) is 0.416. The normalized spacial score (nSPS) is 23.7. The zero-order valence-corrected chi connectivity index (χ0v) is 19.4. The summed E-state index contributed by atoms with van der Waals surface area (Å²) in [4.78, 5) is 16.6. The van der Waals surface area contributed by atoms with Crippen molar-refractivity contribution >= 4 is 17.4 Å². The van der Waals surface area contributed by atoms with E-state index in [1.807, 2.05) is 18.3 Å². The van der Waals surface area contributed by atoms with Crippen molar-refractivity contribution in [3.05, 3.63) is 64.8 Å². The van der Waals surface area contributed by atoms with Gasteiger partial charge in [0, 0.05) is 42.5 Å². The zero-order valence-electron chi connectivity index (χ0n) is 19.4. The number of rotatable bonds is 6. The van der Waals surface area contributed by atoms with Crippen molar-refractivity contribution in [2.45, 2.75) is 69.9 Å². The molecule has 2 saturated carbocycles. The average molecular weight is 465 g/mol. The van der Waals surface area contributed by atoms with Crippen LogP contribution in [0, 0.1) is 12.3 Å². The van der Waals surface area contributed by atoms with Crippen LogP contribution in [-0.4, -0.2) is 28.8 Å². The highest BCUT2D eigenvalue weighted by Crippen LogP contribution is 2.60. The smallest absolute Gasteiger partial charge is 0.298 e. The second-order valence-corrected chi connectivity index (χ2v) is 10.7. The van der Waals surface area contributed by atoms with Gasteiger partial charge in [0.05, 0.1) is 0 Å². The van der Waals surface area contributed by atoms with Crippen LogP contribution in [-0.2, 0) is 11.3 Å². The predicted molar refractivity (Wildman–Crippen MR) is 127 cm³/mol. The Morgan fingerprint density at radius 2 is 1.94 bits per heavy atom. The molecule has 1 atom stereocenters. The lowest BCUT2D eigenvalue weighted by molar-refractivity contribution is -0.186. The number of benzene rings is 2. The van der Waals surface area contributed by atoms with E-state index < -0.39 is 5.92 Å². The van der Waals surface area contributed by atoms with Gasteiger partial charge < -0.3 is 9.72 Å². The molecule has 6 rings (SSSR count). The molecule has 0 bridgehead atoms. The Kier molecular flexibility index (Phi) is 5.07. The summed E-state index contributed by atoms with van der Waals surface area (Å²) in [6.45, 7) is 4.20. The number of likely N-dealkylation sites (tertiary alicyclic amines) is 1. The van der Waals surface area contributed by atoms with E-state index in [9.17, 15) is 13.6 Å².